The van der Waals surface area contributed by atoms with Gasteiger partial charge in [-0.1, -0.05) is 136 Å². The minimum absolute atomic E-state index is 0.361. The molecule has 0 aliphatic carbocycles. The van der Waals surface area contributed by atoms with Crippen molar-refractivity contribution in [2.45, 2.75) is 154 Å². The number of hydrogen-bond donors (Lipinski definition) is 1. The van der Waals surface area contributed by atoms with Gasteiger partial charge in [-0.25, -0.2) is 4.79 Å². The number of carbonyl (C=O) groups is 2. The Balaban J connectivity index is 3.49. The Labute approximate surface area is 199 Å². The molecule has 0 rings (SSSR count). The lowest BCUT2D eigenvalue weighted by molar-refractivity contribution is -0.153. The van der Waals surface area contributed by atoms with Crippen molar-refractivity contribution < 1.29 is 14.3 Å². The first-order chi connectivity index (χ1) is 15.1. The van der Waals surface area contributed by atoms with Crippen LogP contribution in [0.2, 0.25) is 0 Å². The average molecular weight is 457 g/mol. The molecule has 0 aliphatic heterocycles. The maximum Gasteiger partial charge on any atom is 0.375 e. The quantitative estimate of drug-likeness (QED) is 0.0684. The highest BCUT2D eigenvalue weighted by molar-refractivity contribution is 7.82. The molecule has 31 heavy (non-hydrogen) atoms. The molecule has 4 heteroatoms. The molecule has 0 heterocycles. The molecule has 3 nitrogen and oxygen atoms in total. The molecule has 0 fully saturated rings. The van der Waals surface area contributed by atoms with Crippen LogP contribution in [0.4, 0.5) is 0 Å². The predicted molar refractivity (Wildman–Crippen MR) is 137 cm³/mol. The van der Waals surface area contributed by atoms with E-state index in [1.165, 1.54) is 103 Å². The van der Waals surface area contributed by atoms with E-state index in [1.807, 2.05) is 0 Å². The van der Waals surface area contributed by atoms with Gasteiger partial charge in [0.1, 0.15) is 0 Å². The lowest BCUT2D eigenvalue weighted by Gasteiger charge is -2.09. The van der Waals surface area contributed by atoms with E-state index < -0.39 is 17.0 Å². The summed E-state index contributed by atoms with van der Waals surface area (Å²) in [4.78, 5) is 24.0. The summed E-state index contributed by atoms with van der Waals surface area (Å²) in [7, 11) is 0. The zero-order chi connectivity index (χ0) is 23.0. The van der Waals surface area contributed by atoms with Crippen LogP contribution in [0.5, 0.6) is 0 Å². The number of esters is 1. The van der Waals surface area contributed by atoms with Crippen LogP contribution < -0.4 is 0 Å². The molecule has 0 bridgehead atoms. The van der Waals surface area contributed by atoms with Gasteiger partial charge in [0, 0.05) is 0 Å². The molecule has 0 spiro atoms. The average Bonchev–Trinajstić information content (AvgIpc) is 2.77. The maximum absolute atomic E-state index is 12.1. The van der Waals surface area contributed by atoms with Crippen molar-refractivity contribution >= 4 is 24.4 Å². The maximum atomic E-state index is 12.1. The Morgan fingerprint density at radius 3 is 1.35 bits per heavy atom. The predicted octanol–water partition coefficient (Wildman–Crippen LogP) is 8.63. The number of thiol groups is 1. The number of unbranched alkanes of at least 4 members (excludes halogenated alkanes) is 18. The summed E-state index contributed by atoms with van der Waals surface area (Å²) in [6.45, 7) is 4.85. The minimum Gasteiger partial charge on any atom is -0.460 e. The topological polar surface area (TPSA) is 43.4 Å². The standard InChI is InChI=1S/C27H52O3S/c1-3-5-7-9-11-13-15-17-19-21-23-25(31)26(28)27(29)30-24-22-20-18-16-14-12-10-8-6-4-2/h25,31H,3-24H2,1-2H3. The molecule has 0 aromatic rings. The van der Waals surface area contributed by atoms with Crippen LogP contribution >= 0.6 is 12.6 Å². The molecular weight excluding hydrogens is 404 g/mol. The highest BCUT2D eigenvalue weighted by Crippen LogP contribution is 2.15. The second-order valence-electron chi connectivity index (χ2n) is 9.17. The van der Waals surface area contributed by atoms with Crippen molar-refractivity contribution in [2.75, 3.05) is 6.61 Å². The van der Waals surface area contributed by atoms with Gasteiger partial charge < -0.3 is 4.74 Å². The molecule has 0 saturated carbocycles. The van der Waals surface area contributed by atoms with Gasteiger partial charge in [-0.3, -0.25) is 4.79 Å². The summed E-state index contributed by atoms with van der Waals surface area (Å²) in [6.07, 6.45) is 25.7. The minimum atomic E-state index is -0.692. The Morgan fingerprint density at radius 2 is 0.935 bits per heavy atom. The van der Waals surface area contributed by atoms with Gasteiger partial charge in [0.2, 0.25) is 0 Å². The Kier molecular flexibility index (Phi) is 23.7. The van der Waals surface area contributed by atoms with Gasteiger partial charge in [0.15, 0.2) is 0 Å². The zero-order valence-corrected chi connectivity index (χ0v) is 21.7. The molecule has 0 saturated heterocycles. The van der Waals surface area contributed by atoms with E-state index in [0.29, 0.717) is 13.0 Å². The van der Waals surface area contributed by atoms with Crippen LogP contribution in [-0.4, -0.2) is 23.6 Å². The van der Waals surface area contributed by atoms with Crippen molar-refractivity contribution in [1.82, 2.24) is 0 Å². The second kappa shape index (κ2) is 24.1. The van der Waals surface area contributed by atoms with Crippen LogP contribution in [-0.2, 0) is 14.3 Å². The molecule has 1 unspecified atom stereocenters. The lowest BCUT2D eigenvalue weighted by Crippen LogP contribution is -2.26. The number of rotatable bonds is 24. The Hall–Kier alpha value is -0.510. The summed E-state index contributed by atoms with van der Waals surface area (Å²) < 4.78 is 5.16. The molecule has 1 atom stereocenters. The first-order valence-corrected chi connectivity index (χ1v) is 14.0. The number of ether oxygens (including phenoxy) is 1. The summed E-state index contributed by atoms with van der Waals surface area (Å²) in [6, 6.07) is 0. The highest BCUT2D eigenvalue weighted by atomic mass is 32.1. The van der Waals surface area contributed by atoms with E-state index in [9.17, 15) is 9.59 Å². The fourth-order valence-electron chi connectivity index (χ4n) is 3.92. The SMILES string of the molecule is CCCCCCCCCCCCOC(=O)C(=O)C(S)CCCCCCCCCCCC. The lowest BCUT2D eigenvalue weighted by atomic mass is 10.0. The summed E-state index contributed by atoms with van der Waals surface area (Å²) in [5.74, 6) is -1.16. The number of carbonyl (C=O) groups excluding carboxylic acids is 2. The molecule has 0 aromatic carbocycles. The monoisotopic (exact) mass is 456 g/mol. The van der Waals surface area contributed by atoms with Gasteiger partial charge in [-0.05, 0) is 12.8 Å². The normalized spacial score (nSPS) is 12.1. The van der Waals surface area contributed by atoms with E-state index >= 15 is 0 Å². The van der Waals surface area contributed by atoms with Gasteiger partial charge in [-0.2, -0.15) is 12.6 Å². The first kappa shape index (κ1) is 30.5. The number of hydrogen-bond acceptors (Lipinski definition) is 4. The van der Waals surface area contributed by atoms with Crippen molar-refractivity contribution in [3.8, 4) is 0 Å². The molecule has 0 radical (unpaired) electrons. The molecule has 0 amide bonds. The van der Waals surface area contributed by atoms with Crippen LogP contribution in [0.3, 0.4) is 0 Å². The van der Waals surface area contributed by atoms with Gasteiger partial charge in [0.05, 0.1) is 11.9 Å². The van der Waals surface area contributed by atoms with E-state index in [2.05, 4.69) is 26.5 Å². The summed E-state index contributed by atoms with van der Waals surface area (Å²) in [5.41, 5.74) is 0. The molecule has 0 N–H and O–H groups in total. The molecule has 0 aromatic heterocycles. The van der Waals surface area contributed by atoms with Crippen LogP contribution in [0.15, 0.2) is 0 Å². The van der Waals surface area contributed by atoms with E-state index in [0.717, 1.165) is 25.7 Å². The van der Waals surface area contributed by atoms with Crippen molar-refractivity contribution in [2.24, 2.45) is 0 Å². The Morgan fingerprint density at radius 1 is 0.581 bits per heavy atom. The van der Waals surface area contributed by atoms with Crippen molar-refractivity contribution in [1.29, 1.82) is 0 Å². The van der Waals surface area contributed by atoms with Gasteiger partial charge in [-0.15, -0.1) is 0 Å². The van der Waals surface area contributed by atoms with E-state index in [1.54, 1.807) is 0 Å². The van der Waals surface area contributed by atoms with Crippen LogP contribution in [0.25, 0.3) is 0 Å². The van der Waals surface area contributed by atoms with E-state index in [4.69, 9.17) is 4.74 Å². The number of Topliss-reactive ketones (excluding diaryl/α,β-unsaturated/α-hetero) is 1. The highest BCUT2D eigenvalue weighted by Gasteiger charge is 2.23. The van der Waals surface area contributed by atoms with Crippen LogP contribution in [0.1, 0.15) is 149 Å². The van der Waals surface area contributed by atoms with Gasteiger partial charge in [0.25, 0.3) is 5.78 Å². The first-order valence-electron chi connectivity index (χ1n) is 13.5. The Bertz CT molecular complexity index is 411. The number of ketones is 1. The molecule has 0 aliphatic rings. The largest absolute Gasteiger partial charge is 0.460 e. The fourth-order valence-corrected chi connectivity index (χ4v) is 4.21. The molecular formula is C27H52O3S. The van der Waals surface area contributed by atoms with Gasteiger partial charge >= 0.3 is 5.97 Å². The van der Waals surface area contributed by atoms with Crippen LogP contribution in [0, 0.1) is 0 Å². The zero-order valence-electron chi connectivity index (χ0n) is 20.8. The third kappa shape index (κ3) is 21.1. The smallest absolute Gasteiger partial charge is 0.375 e. The fraction of sp³-hybridized carbons (Fsp3) is 0.926. The van der Waals surface area contributed by atoms with Crippen molar-refractivity contribution in [3.05, 3.63) is 0 Å². The summed E-state index contributed by atoms with van der Waals surface area (Å²) >= 11 is 4.34. The van der Waals surface area contributed by atoms with E-state index in [-0.39, 0.29) is 0 Å². The second-order valence-corrected chi connectivity index (χ2v) is 9.79. The summed E-state index contributed by atoms with van der Waals surface area (Å²) in [5, 5.41) is -0.505. The van der Waals surface area contributed by atoms with Crippen molar-refractivity contribution in [3.63, 3.8) is 0 Å². The third-order valence-corrected chi connectivity index (χ3v) is 6.56. The third-order valence-electron chi connectivity index (χ3n) is 6.07. The molecule has 184 valence electrons.